The van der Waals surface area contributed by atoms with Crippen LogP contribution in [-0.2, 0) is 19.2 Å². The molecule has 0 spiro atoms. The first-order valence-corrected chi connectivity index (χ1v) is 9.65. The van der Waals surface area contributed by atoms with E-state index in [-0.39, 0.29) is 59.3 Å². The number of carbonyl (C=O) groups excluding carboxylic acids is 4. The number of aromatic carboxylic acids is 2. The smallest absolute Gasteiger partial charge is 0.335 e. The van der Waals surface area contributed by atoms with Crippen molar-refractivity contribution < 1.29 is 39.0 Å². The molecule has 2 aromatic carbocycles. The molecule has 0 aromatic heterocycles. The molecular weight excluding hydrogens is 420 g/mol. The number of rotatable bonds is 5. The van der Waals surface area contributed by atoms with Gasteiger partial charge in [0.2, 0.25) is 23.6 Å². The molecule has 2 N–H and O–H groups in total. The minimum atomic E-state index is -1.27. The number of amides is 4. The zero-order valence-corrected chi connectivity index (χ0v) is 16.5. The zero-order chi connectivity index (χ0) is 23.2. The Balaban J connectivity index is 1.99. The van der Waals surface area contributed by atoms with Crippen molar-refractivity contribution >= 4 is 46.9 Å². The van der Waals surface area contributed by atoms with Gasteiger partial charge in [-0.1, -0.05) is 12.1 Å². The maximum Gasteiger partial charge on any atom is 0.335 e. The predicted molar refractivity (Wildman–Crippen MR) is 109 cm³/mol. The quantitative estimate of drug-likeness (QED) is 0.677. The van der Waals surface area contributed by atoms with Crippen LogP contribution in [0.25, 0.3) is 11.1 Å². The summed E-state index contributed by atoms with van der Waals surface area (Å²) in [5.74, 6) is -4.62. The van der Waals surface area contributed by atoms with Crippen LogP contribution in [0.2, 0.25) is 0 Å². The lowest BCUT2D eigenvalue weighted by Crippen LogP contribution is -2.31. The van der Waals surface area contributed by atoms with Crippen LogP contribution in [-0.4, -0.2) is 45.8 Å². The molecule has 10 nitrogen and oxygen atoms in total. The Labute approximate surface area is 180 Å². The average Bonchev–Trinajstić information content (AvgIpc) is 3.27. The molecule has 0 unspecified atom stereocenters. The Bertz CT molecular complexity index is 1100. The van der Waals surface area contributed by atoms with Crippen LogP contribution in [0.5, 0.6) is 0 Å². The van der Waals surface area contributed by atoms with Gasteiger partial charge < -0.3 is 10.2 Å². The van der Waals surface area contributed by atoms with Crippen molar-refractivity contribution in [3.8, 4) is 11.1 Å². The average molecular weight is 436 g/mol. The molecule has 0 aliphatic carbocycles. The molecule has 0 radical (unpaired) electrons. The first-order chi connectivity index (χ1) is 15.2. The summed E-state index contributed by atoms with van der Waals surface area (Å²) in [6.45, 7) is 0. The Morgan fingerprint density at radius 1 is 0.594 bits per heavy atom. The topological polar surface area (TPSA) is 149 Å². The number of anilines is 2. The highest BCUT2D eigenvalue weighted by molar-refractivity contribution is 6.24. The van der Waals surface area contributed by atoms with E-state index in [1.54, 1.807) is 0 Å². The van der Waals surface area contributed by atoms with Gasteiger partial charge in [-0.15, -0.1) is 0 Å². The van der Waals surface area contributed by atoms with Crippen LogP contribution in [0.4, 0.5) is 11.4 Å². The maximum absolute atomic E-state index is 12.4. The molecule has 0 bridgehead atoms. The largest absolute Gasteiger partial charge is 0.478 e. The van der Waals surface area contributed by atoms with Crippen molar-refractivity contribution in [1.82, 2.24) is 0 Å². The summed E-state index contributed by atoms with van der Waals surface area (Å²) in [6.07, 6.45) is -0.153. The summed E-state index contributed by atoms with van der Waals surface area (Å²) in [5.41, 5.74) is 0.0410. The number of nitrogens with zero attached hydrogens (tertiary/aromatic N) is 2. The van der Waals surface area contributed by atoms with Gasteiger partial charge in [0.05, 0.1) is 22.5 Å². The zero-order valence-electron chi connectivity index (χ0n) is 16.5. The van der Waals surface area contributed by atoms with E-state index in [1.165, 1.54) is 36.4 Å². The van der Waals surface area contributed by atoms with Crippen molar-refractivity contribution in [3.05, 3.63) is 47.5 Å². The number of carboxylic acid groups (broad SMARTS) is 2. The highest BCUT2D eigenvalue weighted by atomic mass is 16.4. The van der Waals surface area contributed by atoms with Crippen LogP contribution < -0.4 is 9.80 Å². The molecule has 2 saturated heterocycles. The summed E-state index contributed by atoms with van der Waals surface area (Å²) in [6, 6.07) is 7.58. The molecule has 2 aromatic rings. The van der Waals surface area contributed by atoms with Gasteiger partial charge in [0.15, 0.2) is 0 Å². The van der Waals surface area contributed by atoms with Gasteiger partial charge in [-0.3, -0.25) is 19.2 Å². The van der Waals surface area contributed by atoms with E-state index in [2.05, 4.69) is 0 Å². The van der Waals surface area contributed by atoms with Crippen LogP contribution in [0.1, 0.15) is 46.4 Å². The van der Waals surface area contributed by atoms with Crippen LogP contribution in [0.15, 0.2) is 36.4 Å². The van der Waals surface area contributed by atoms with Gasteiger partial charge in [0, 0.05) is 36.8 Å². The van der Waals surface area contributed by atoms with Crippen molar-refractivity contribution in [2.75, 3.05) is 9.80 Å². The van der Waals surface area contributed by atoms with Crippen LogP contribution in [0.3, 0.4) is 0 Å². The van der Waals surface area contributed by atoms with E-state index in [9.17, 15) is 39.0 Å². The van der Waals surface area contributed by atoms with Gasteiger partial charge in [0.25, 0.3) is 0 Å². The molecule has 10 heteroatoms. The third-order valence-corrected chi connectivity index (χ3v) is 5.36. The van der Waals surface area contributed by atoms with E-state index in [0.717, 1.165) is 9.80 Å². The molecule has 4 rings (SSSR count). The highest BCUT2D eigenvalue weighted by Crippen LogP contribution is 2.41. The first kappa shape index (κ1) is 20.9. The van der Waals surface area contributed by atoms with Crippen LogP contribution in [0, 0.1) is 0 Å². The van der Waals surface area contributed by atoms with Gasteiger partial charge in [-0.2, -0.15) is 0 Å². The van der Waals surface area contributed by atoms with Crippen molar-refractivity contribution in [1.29, 1.82) is 0 Å². The standard InChI is InChI=1S/C22H16N2O8/c25-17-5-6-18(26)23(17)15-9-11(21(29)30)1-3-13(15)14-4-2-12(22(31)32)10-16(14)24-19(27)7-8-20(24)28/h1-4,9-10H,5-8H2,(H,29,30)(H,31,32). The number of carbonyl (C=O) groups is 6. The SMILES string of the molecule is O=C(O)c1ccc(-c2ccc(C(=O)O)cc2N2C(=O)CCC2=O)c(N2C(=O)CCC2=O)c1. The Hall–Kier alpha value is -4.34. The van der Waals surface area contributed by atoms with E-state index in [0.29, 0.717) is 0 Å². The fourth-order valence-electron chi connectivity index (χ4n) is 3.85. The summed E-state index contributed by atoms with van der Waals surface area (Å²) >= 11 is 0. The lowest BCUT2D eigenvalue weighted by Gasteiger charge is -2.23. The number of hydrogen-bond acceptors (Lipinski definition) is 6. The first-order valence-electron chi connectivity index (χ1n) is 9.65. The number of hydrogen-bond donors (Lipinski definition) is 2. The highest BCUT2D eigenvalue weighted by Gasteiger charge is 2.36. The van der Waals surface area contributed by atoms with E-state index in [4.69, 9.17) is 0 Å². The number of imide groups is 2. The number of carboxylic acids is 2. The lowest BCUT2D eigenvalue weighted by molar-refractivity contribution is -0.122. The summed E-state index contributed by atoms with van der Waals surface area (Å²) in [5, 5.41) is 18.8. The normalized spacial score (nSPS) is 16.2. The van der Waals surface area contributed by atoms with Crippen molar-refractivity contribution in [3.63, 3.8) is 0 Å². The monoisotopic (exact) mass is 436 g/mol. The van der Waals surface area contributed by atoms with Gasteiger partial charge >= 0.3 is 11.9 Å². The molecule has 162 valence electrons. The van der Waals surface area contributed by atoms with E-state index < -0.39 is 35.6 Å². The van der Waals surface area contributed by atoms with Crippen LogP contribution >= 0.6 is 0 Å². The third kappa shape index (κ3) is 3.41. The van der Waals surface area contributed by atoms with E-state index >= 15 is 0 Å². The molecule has 2 heterocycles. The molecule has 2 fully saturated rings. The Kier molecular flexibility index (Phi) is 5.05. The summed E-state index contributed by atoms with van der Waals surface area (Å²) in [7, 11) is 0. The van der Waals surface area contributed by atoms with Crippen molar-refractivity contribution in [2.45, 2.75) is 25.7 Å². The number of benzene rings is 2. The van der Waals surface area contributed by atoms with Gasteiger partial charge in [-0.05, 0) is 24.3 Å². The summed E-state index contributed by atoms with van der Waals surface area (Å²) < 4.78 is 0. The maximum atomic E-state index is 12.4. The molecule has 32 heavy (non-hydrogen) atoms. The molecule has 2 aliphatic heterocycles. The molecule has 0 atom stereocenters. The Morgan fingerprint density at radius 3 is 1.19 bits per heavy atom. The molecular formula is C22H16N2O8. The second-order valence-corrected chi connectivity index (χ2v) is 7.32. The lowest BCUT2D eigenvalue weighted by atomic mass is 9.96. The third-order valence-electron chi connectivity index (χ3n) is 5.36. The van der Waals surface area contributed by atoms with Gasteiger partial charge in [0.1, 0.15) is 0 Å². The second-order valence-electron chi connectivity index (χ2n) is 7.32. The van der Waals surface area contributed by atoms with Gasteiger partial charge in [-0.25, -0.2) is 19.4 Å². The van der Waals surface area contributed by atoms with Crippen molar-refractivity contribution in [2.24, 2.45) is 0 Å². The van der Waals surface area contributed by atoms with E-state index in [1.807, 2.05) is 0 Å². The molecule has 2 aliphatic rings. The fraction of sp³-hybridized carbons (Fsp3) is 0.182. The predicted octanol–water partition coefficient (Wildman–Crippen LogP) is 2.06. The summed E-state index contributed by atoms with van der Waals surface area (Å²) in [4.78, 5) is 74.4. The molecule has 0 saturated carbocycles. The minimum absolute atomic E-state index is 0.0131. The Morgan fingerprint density at radius 2 is 0.906 bits per heavy atom. The fourth-order valence-corrected chi connectivity index (χ4v) is 3.85. The minimum Gasteiger partial charge on any atom is -0.478 e. The molecule has 4 amide bonds. The second kappa shape index (κ2) is 7.73.